The number of esters is 2. The van der Waals surface area contributed by atoms with E-state index in [0.717, 1.165) is 24.8 Å². The van der Waals surface area contributed by atoms with Crippen molar-refractivity contribution in [3.05, 3.63) is 40.8 Å². The fraction of sp³-hybridized carbons (Fsp3) is 0.600. The number of hydrogen-bond acceptors (Lipinski definition) is 6. The number of hydrogen-bond donors (Lipinski definition) is 0. The molecule has 6 nitrogen and oxygen atoms in total. The molecule has 0 saturated carbocycles. The monoisotopic (exact) mass is 466 g/mol. The van der Waals surface area contributed by atoms with Crippen molar-refractivity contribution in [1.29, 1.82) is 0 Å². The Hall–Kier alpha value is -2.15. The molecular weight excluding hydrogens is 428 g/mol. The number of allylic oxidation sites excluding steroid dienone is 2. The van der Waals surface area contributed by atoms with Gasteiger partial charge in [0.15, 0.2) is 5.92 Å². The van der Waals surface area contributed by atoms with E-state index in [9.17, 15) is 18.0 Å². The van der Waals surface area contributed by atoms with E-state index in [4.69, 9.17) is 9.47 Å². The number of sulfone groups is 1. The van der Waals surface area contributed by atoms with Crippen molar-refractivity contribution in [1.82, 2.24) is 0 Å². The van der Waals surface area contributed by atoms with E-state index in [1.165, 1.54) is 19.3 Å². The summed E-state index contributed by atoms with van der Waals surface area (Å²) in [4.78, 5) is 25.1. The van der Waals surface area contributed by atoms with Crippen molar-refractivity contribution in [2.24, 2.45) is 5.92 Å². The molecule has 1 rings (SSSR count). The Bertz CT molecular complexity index is 822. The molecular formula is C25H38O6S. The summed E-state index contributed by atoms with van der Waals surface area (Å²) in [7, 11) is -3.87. The van der Waals surface area contributed by atoms with Gasteiger partial charge in [-0.1, -0.05) is 62.8 Å². The van der Waals surface area contributed by atoms with E-state index < -0.39 is 27.7 Å². The van der Waals surface area contributed by atoms with Gasteiger partial charge in [0.2, 0.25) is 9.84 Å². The highest BCUT2D eigenvalue weighted by atomic mass is 32.2. The Labute approximate surface area is 193 Å². The summed E-state index contributed by atoms with van der Waals surface area (Å²) in [6, 6.07) is 6.55. The Morgan fingerprint density at radius 3 is 1.94 bits per heavy atom. The van der Waals surface area contributed by atoms with Crippen LogP contribution in [0.15, 0.2) is 40.1 Å². The molecule has 0 aliphatic rings. The van der Waals surface area contributed by atoms with Crippen LogP contribution in [0.4, 0.5) is 0 Å². The summed E-state index contributed by atoms with van der Waals surface area (Å²) in [5, 5.41) is 0. The van der Waals surface area contributed by atoms with Crippen molar-refractivity contribution < 1.29 is 27.5 Å². The zero-order chi connectivity index (χ0) is 24.0. The molecule has 180 valence electrons. The van der Waals surface area contributed by atoms with E-state index in [2.05, 4.69) is 6.92 Å². The second-order valence-electron chi connectivity index (χ2n) is 7.80. The van der Waals surface area contributed by atoms with Gasteiger partial charge in [-0.3, -0.25) is 9.59 Å². The first-order chi connectivity index (χ1) is 15.3. The van der Waals surface area contributed by atoms with Gasteiger partial charge < -0.3 is 9.47 Å². The van der Waals surface area contributed by atoms with Crippen LogP contribution in [0.25, 0.3) is 0 Å². The molecule has 7 heteroatoms. The summed E-state index contributed by atoms with van der Waals surface area (Å²) in [5.74, 6) is -2.85. The van der Waals surface area contributed by atoms with Crippen molar-refractivity contribution in [3.63, 3.8) is 0 Å². The zero-order valence-corrected chi connectivity index (χ0v) is 20.7. The molecule has 0 radical (unpaired) electrons. The molecule has 0 aliphatic carbocycles. The predicted octanol–water partition coefficient (Wildman–Crippen LogP) is 5.54. The highest BCUT2D eigenvalue weighted by molar-refractivity contribution is 7.95. The minimum Gasteiger partial charge on any atom is -0.465 e. The van der Waals surface area contributed by atoms with E-state index in [1.54, 1.807) is 44.2 Å². The quantitative estimate of drug-likeness (QED) is 0.192. The first-order valence-electron chi connectivity index (χ1n) is 11.6. The van der Waals surface area contributed by atoms with E-state index in [0.29, 0.717) is 6.42 Å². The number of aryl methyl sites for hydroxylation is 1. The summed E-state index contributed by atoms with van der Waals surface area (Å²) in [6.07, 6.45) is 8.44. The zero-order valence-electron chi connectivity index (χ0n) is 19.9. The lowest BCUT2D eigenvalue weighted by Crippen LogP contribution is -2.29. The van der Waals surface area contributed by atoms with Gasteiger partial charge in [0.25, 0.3) is 0 Å². The molecule has 0 bridgehead atoms. The molecule has 0 aromatic heterocycles. The molecule has 1 aromatic carbocycles. The van der Waals surface area contributed by atoms with E-state index in [-0.39, 0.29) is 29.4 Å². The average Bonchev–Trinajstić information content (AvgIpc) is 2.75. The van der Waals surface area contributed by atoms with Crippen LogP contribution in [0.5, 0.6) is 0 Å². The van der Waals surface area contributed by atoms with Gasteiger partial charge >= 0.3 is 11.9 Å². The maximum absolute atomic E-state index is 13.4. The van der Waals surface area contributed by atoms with Crippen LogP contribution in [0, 0.1) is 12.8 Å². The van der Waals surface area contributed by atoms with Crippen molar-refractivity contribution in [3.8, 4) is 0 Å². The number of ether oxygens (including phenoxy) is 2. The third kappa shape index (κ3) is 9.15. The van der Waals surface area contributed by atoms with E-state index in [1.807, 2.05) is 6.92 Å². The number of unbranched alkanes of at least 4 members (excludes halogenated alkanes) is 6. The lowest BCUT2D eigenvalue weighted by atomic mass is 10.0. The normalized spacial score (nSPS) is 12.1. The van der Waals surface area contributed by atoms with Crippen LogP contribution in [0.1, 0.15) is 77.7 Å². The minimum atomic E-state index is -3.87. The van der Waals surface area contributed by atoms with Gasteiger partial charge in [0.05, 0.1) is 18.1 Å². The topological polar surface area (TPSA) is 86.7 Å². The fourth-order valence-corrected chi connectivity index (χ4v) is 4.83. The summed E-state index contributed by atoms with van der Waals surface area (Å²) >= 11 is 0. The lowest BCUT2D eigenvalue weighted by Gasteiger charge is -2.17. The summed E-state index contributed by atoms with van der Waals surface area (Å²) in [6.45, 7) is 7.50. The Balaban J connectivity index is 3.16. The van der Waals surface area contributed by atoms with Gasteiger partial charge in [-0.05, 0) is 45.7 Å². The average molecular weight is 467 g/mol. The van der Waals surface area contributed by atoms with Crippen LogP contribution in [0.2, 0.25) is 0 Å². The molecule has 0 atom stereocenters. The summed E-state index contributed by atoms with van der Waals surface area (Å²) in [5.41, 5.74) is 0.942. The van der Waals surface area contributed by atoms with E-state index >= 15 is 0 Å². The van der Waals surface area contributed by atoms with Gasteiger partial charge in [-0.15, -0.1) is 0 Å². The van der Waals surface area contributed by atoms with Crippen LogP contribution in [0.3, 0.4) is 0 Å². The standard InChI is InChI=1S/C25H38O6S/c1-5-8-9-10-11-12-13-14-22(32(28,29)21-17-15-20(4)16-18-21)19-23(24(26)30-6-2)25(27)31-7-3/h14-18,23H,5-13,19H2,1-4H3/b22-14+. The SMILES string of the molecule is CCCCCCCC/C=C(\CC(C(=O)OCC)C(=O)OCC)S(=O)(=O)c1ccc(C)cc1. The molecule has 0 aliphatic heterocycles. The van der Waals surface area contributed by atoms with Gasteiger partial charge in [0.1, 0.15) is 0 Å². The Morgan fingerprint density at radius 1 is 0.875 bits per heavy atom. The van der Waals surface area contributed by atoms with Crippen LogP contribution < -0.4 is 0 Å². The van der Waals surface area contributed by atoms with Crippen LogP contribution >= 0.6 is 0 Å². The third-order valence-electron chi connectivity index (χ3n) is 5.15. The number of benzene rings is 1. The molecule has 1 aromatic rings. The number of carbonyl (C=O) groups is 2. The van der Waals surface area contributed by atoms with Crippen molar-refractivity contribution >= 4 is 21.8 Å². The fourth-order valence-electron chi connectivity index (χ4n) is 3.31. The number of rotatable bonds is 15. The van der Waals surface area contributed by atoms with Crippen LogP contribution in [-0.2, 0) is 28.9 Å². The van der Waals surface area contributed by atoms with Gasteiger partial charge in [-0.25, -0.2) is 8.42 Å². The third-order valence-corrected chi connectivity index (χ3v) is 7.07. The highest BCUT2D eigenvalue weighted by Crippen LogP contribution is 2.28. The second-order valence-corrected chi connectivity index (χ2v) is 9.81. The van der Waals surface area contributed by atoms with Crippen LogP contribution in [-0.4, -0.2) is 33.6 Å². The Kier molecular flexibility index (Phi) is 12.9. The lowest BCUT2D eigenvalue weighted by molar-refractivity contribution is -0.161. The highest BCUT2D eigenvalue weighted by Gasteiger charge is 2.34. The largest absolute Gasteiger partial charge is 0.465 e. The first-order valence-corrected chi connectivity index (χ1v) is 13.1. The van der Waals surface area contributed by atoms with Gasteiger partial charge in [0, 0.05) is 11.3 Å². The molecule has 0 fully saturated rings. The predicted molar refractivity (Wildman–Crippen MR) is 126 cm³/mol. The molecule has 0 heterocycles. The molecule has 32 heavy (non-hydrogen) atoms. The molecule has 0 saturated heterocycles. The van der Waals surface area contributed by atoms with Gasteiger partial charge in [-0.2, -0.15) is 0 Å². The second kappa shape index (κ2) is 14.8. The summed E-state index contributed by atoms with van der Waals surface area (Å²) < 4.78 is 36.8. The minimum absolute atomic E-state index is 0.0565. The molecule has 0 amide bonds. The molecule has 0 spiro atoms. The van der Waals surface area contributed by atoms with Crippen molar-refractivity contribution in [2.75, 3.05) is 13.2 Å². The Morgan fingerprint density at radius 2 is 1.41 bits per heavy atom. The molecule has 0 N–H and O–H groups in total. The maximum Gasteiger partial charge on any atom is 0.320 e. The first kappa shape index (κ1) is 27.9. The molecule has 0 unspecified atom stereocenters. The van der Waals surface area contributed by atoms with Crippen molar-refractivity contribution in [2.45, 2.75) is 84.0 Å². The maximum atomic E-state index is 13.4. The number of carbonyl (C=O) groups excluding carboxylic acids is 2. The smallest absolute Gasteiger partial charge is 0.320 e.